The largest absolute Gasteiger partial charge is 0.309 e. The molecule has 0 radical (unpaired) electrons. The lowest BCUT2D eigenvalue weighted by Gasteiger charge is -2.34. The van der Waals surface area contributed by atoms with Gasteiger partial charge in [0.15, 0.2) is 0 Å². The van der Waals surface area contributed by atoms with E-state index in [4.69, 9.17) is 11.6 Å². The van der Waals surface area contributed by atoms with Crippen LogP contribution in [0.1, 0.15) is 122 Å². The molecule has 52 heavy (non-hydrogen) atoms. The van der Waals surface area contributed by atoms with E-state index in [1.54, 1.807) is 0 Å². The molecule has 0 fully saturated rings. The third kappa shape index (κ3) is 8.61. The average Bonchev–Trinajstić information content (AvgIpc) is 3.01. The summed E-state index contributed by atoms with van der Waals surface area (Å²) >= 11 is 7.88. The second kappa shape index (κ2) is 14.1. The summed E-state index contributed by atoms with van der Waals surface area (Å²) in [6.07, 6.45) is 0. The second-order valence-electron chi connectivity index (χ2n) is 19.0. The number of nitrogens with zero attached hydrogens (tertiary/aromatic N) is 2. The Balaban J connectivity index is 1.88. The highest BCUT2D eigenvalue weighted by atomic mass is 35.5. The van der Waals surface area contributed by atoms with Gasteiger partial charge in [0, 0.05) is 22.7 Å². The second-order valence-corrected chi connectivity index (χ2v) is 19.4. The Labute approximate surface area is 320 Å². The van der Waals surface area contributed by atoms with Crippen LogP contribution in [0.25, 0.3) is 0 Å². The van der Waals surface area contributed by atoms with Gasteiger partial charge >= 0.3 is 0 Å². The Hall–Kier alpha value is -4.01. The zero-order valence-corrected chi connectivity index (χ0v) is 35.3. The molecule has 274 valence electrons. The van der Waals surface area contributed by atoms with Crippen LogP contribution >= 0.6 is 11.6 Å². The molecule has 0 saturated carbocycles. The highest BCUT2D eigenvalue weighted by Crippen LogP contribution is 2.49. The Morgan fingerprint density at radius 2 is 0.673 bits per heavy atom. The van der Waals surface area contributed by atoms with Crippen LogP contribution in [0.3, 0.4) is 0 Å². The Morgan fingerprint density at radius 1 is 0.365 bits per heavy atom. The predicted molar refractivity (Wildman–Crippen MR) is 230 cm³/mol. The van der Waals surface area contributed by atoms with Crippen LogP contribution in [0.2, 0.25) is 5.02 Å². The first-order valence-corrected chi connectivity index (χ1v) is 19.2. The van der Waals surface area contributed by atoms with Crippen LogP contribution < -0.4 is 9.80 Å². The number of rotatable bonds is 6. The van der Waals surface area contributed by atoms with Gasteiger partial charge in [-0.3, -0.25) is 0 Å². The van der Waals surface area contributed by atoms with Crippen molar-refractivity contribution in [2.24, 2.45) is 0 Å². The Morgan fingerprint density at radius 3 is 1.00 bits per heavy atom. The minimum Gasteiger partial charge on any atom is -0.309 e. The fourth-order valence-electron chi connectivity index (χ4n) is 6.78. The molecule has 0 unspecified atom stereocenters. The van der Waals surface area contributed by atoms with Gasteiger partial charge in [-0.25, -0.2) is 0 Å². The van der Waals surface area contributed by atoms with E-state index in [0.717, 1.165) is 39.7 Å². The average molecular weight is 713 g/mol. The molecule has 0 bridgehead atoms. The van der Waals surface area contributed by atoms with Gasteiger partial charge in [0.2, 0.25) is 0 Å². The third-order valence-corrected chi connectivity index (χ3v) is 10.4. The number of anilines is 6. The number of hydrogen-bond donors (Lipinski definition) is 0. The molecule has 0 saturated heterocycles. The van der Waals surface area contributed by atoms with Crippen molar-refractivity contribution in [2.45, 2.75) is 126 Å². The quantitative estimate of drug-likeness (QED) is 0.173. The van der Waals surface area contributed by atoms with Crippen LogP contribution in [-0.4, -0.2) is 0 Å². The first-order valence-electron chi connectivity index (χ1n) is 18.8. The van der Waals surface area contributed by atoms with Crippen LogP contribution in [0.4, 0.5) is 34.1 Å². The highest BCUT2D eigenvalue weighted by molar-refractivity contribution is 6.36. The predicted octanol–water partition coefficient (Wildman–Crippen LogP) is 15.4. The molecule has 0 aliphatic rings. The SMILES string of the molecule is Cc1cc(N(c2cccc(C(C)(C)C)c2)c2cc(C)cc(N(c3cccc(C(C)(C)C)c3)c3cc(C)cc(C(C)(C)C)c3)c2Cl)cc(C(C)(C)C)c1. The highest BCUT2D eigenvalue weighted by Gasteiger charge is 2.27. The van der Waals surface area contributed by atoms with E-state index in [0.29, 0.717) is 5.02 Å². The van der Waals surface area contributed by atoms with E-state index < -0.39 is 0 Å². The molecule has 3 heteroatoms. The van der Waals surface area contributed by atoms with Gasteiger partial charge in [0.1, 0.15) is 0 Å². The van der Waals surface area contributed by atoms with Gasteiger partial charge in [0.05, 0.1) is 16.4 Å². The number of halogens is 1. The van der Waals surface area contributed by atoms with E-state index in [2.05, 4.69) is 211 Å². The summed E-state index contributed by atoms with van der Waals surface area (Å²) in [4.78, 5) is 4.74. The molecule has 0 atom stereocenters. The minimum atomic E-state index is -0.0218. The summed E-state index contributed by atoms with van der Waals surface area (Å²) in [6, 6.07) is 36.3. The first-order chi connectivity index (χ1) is 23.9. The van der Waals surface area contributed by atoms with E-state index >= 15 is 0 Å². The molecule has 5 aromatic rings. The maximum atomic E-state index is 7.88. The Kier molecular flexibility index (Phi) is 10.6. The smallest absolute Gasteiger partial charge is 0.0887 e. The van der Waals surface area contributed by atoms with Crippen molar-refractivity contribution >= 4 is 45.7 Å². The van der Waals surface area contributed by atoms with Crippen molar-refractivity contribution < 1.29 is 0 Å². The van der Waals surface area contributed by atoms with E-state index in [1.807, 2.05) is 0 Å². The Bertz CT molecular complexity index is 1930. The van der Waals surface area contributed by atoms with Gasteiger partial charge in [-0.1, -0.05) is 131 Å². The summed E-state index contributed by atoms with van der Waals surface area (Å²) in [5.74, 6) is 0. The molecule has 0 aliphatic heterocycles. The topological polar surface area (TPSA) is 6.48 Å². The van der Waals surface area contributed by atoms with Crippen molar-refractivity contribution in [3.05, 3.63) is 141 Å². The number of benzene rings is 5. The monoisotopic (exact) mass is 712 g/mol. The zero-order valence-electron chi connectivity index (χ0n) is 34.5. The molecule has 0 aromatic heterocycles. The fraction of sp³-hybridized carbons (Fsp3) is 0.388. The summed E-state index contributed by atoms with van der Waals surface area (Å²) < 4.78 is 0. The maximum absolute atomic E-state index is 7.88. The summed E-state index contributed by atoms with van der Waals surface area (Å²) in [6.45, 7) is 33.9. The van der Waals surface area contributed by atoms with E-state index in [9.17, 15) is 0 Å². The van der Waals surface area contributed by atoms with Crippen molar-refractivity contribution in [2.75, 3.05) is 9.80 Å². The minimum absolute atomic E-state index is 0.0167. The molecule has 0 aliphatic carbocycles. The van der Waals surface area contributed by atoms with Crippen LogP contribution in [0.15, 0.2) is 97.1 Å². The number of hydrogen-bond acceptors (Lipinski definition) is 2. The lowest BCUT2D eigenvalue weighted by atomic mass is 9.85. The molecule has 0 heterocycles. The van der Waals surface area contributed by atoms with Gasteiger partial charge in [0.25, 0.3) is 0 Å². The molecular formula is C49H61ClN2. The van der Waals surface area contributed by atoms with E-state index in [-0.39, 0.29) is 21.7 Å². The van der Waals surface area contributed by atoms with Gasteiger partial charge in [-0.15, -0.1) is 0 Å². The first kappa shape index (κ1) is 39.2. The van der Waals surface area contributed by atoms with Crippen LogP contribution in [-0.2, 0) is 21.7 Å². The molecule has 5 aromatic carbocycles. The molecular weight excluding hydrogens is 652 g/mol. The third-order valence-electron chi connectivity index (χ3n) is 9.97. The zero-order chi connectivity index (χ0) is 38.6. The normalized spacial score (nSPS) is 12.6. The van der Waals surface area contributed by atoms with Crippen LogP contribution in [0, 0.1) is 20.8 Å². The lowest BCUT2D eigenvalue weighted by molar-refractivity contribution is 0.589. The maximum Gasteiger partial charge on any atom is 0.0887 e. The van der Waals surface area contributed by atoms with Gasteiger partial charge in [-0.05, 0) is 142 Å². The summed E-state index contributed by atoms with van der Waals surface area (Å²) in [5, 5.41) is 0.700. The van der Waals surface area contributed by atoms with Crippen molar-refractivity contribution in [1.82, 2.24) is 0 Å². The van der Waals surface area contributed by atoms with Gasteiger partial charge < -0.3 is 9.80 Å². The van der Waals surface area contributed by atoms with Gasteiger partial charge in [-0.2, -0.15) is 0 Å². The lowest BCUT2D eigenvalue weighted by Crippen LogP contribution is -2.19. The standard InChI is InChI=1S/C49H61ClN2/c1-32-22-37(48(10,11)12)30-41(24-32)51(39-20-16-18-35(28-39)46(4,5)6)43-26-34(3)27-44(45(43)50)52(40-21-17-19-36(29-40)47(7,8)9)42-25-33(2)23-38(31-42)49(13,14)15/h16-31H,1-15H3. The van der Waals surface area contributed by atoms with Crippen molar-refractivity contribution in [3.63, 3.8) is 0 Å². The molecule has 0 spiro atoms. The molecule has 0 amide bonds. The number of aryl methyl sites for hydroxylation is 3. The summed E-state index contributed by atoms with van der Waals surface area (Å²) in [7, 11) is 0. The van der Waals surface area contributed by atoms with Crippen molar-refractivity contribution in [3.8, 4) is 0 Å². The molecule has 0 N–H and O–H groups in total. The summed E-state index contributed by atoms with van der Waals surface area (Å²) in [5.41, 5.74) is 14.9. The van der Waals surface area contributed by atoms with Crippen molar-refractivity contribution in [1.29, 1.82) is 0 Å². The molecule has 2 nitrogen and oxygen atoms in total. The fourth-order valence-corrected chi connectivity index (χ4v) is 7.06. The molecule has 5 rings (SSSR count). The van der Waals surface area contributed by atoms with Crippen LogP contribution in [0.5, 0.6) is 0 Å². The van der Waals surface area contributed by atoms with E-state index in [1.165, 1.54) is 33.4 Å².